The van der Waals surface area contributed by atoms with Crippen LogP contribution in [0, 0.1) is 0 Å². The Labute approximate surface area is 124 Å². The molecule has 0 spiro atoms. The molecule has 2 rings (SSSR count). The van der Waals surface area contributed by atoms with Gasteiger partial charge in [0.2, 0.25) is 0 Å². The molecule has 106 valence electrons. The Balaban J connectivity index is 2.18. The molecule has 0 aliphatic carbocycles. The summed E-state index contributed by atoms with van der Waals surface area (Å²) in [7, 11) is 0. The van der Waals surface area contributed by atoms with E-state index in [-0.39, 0.29) is 11.6 Å². The third kappa shape index (κ3) is 4.20. The van der Waals surface area contributed by atoms with Gasteiger partial charge in [0.15, 0.2) is 0 Å². The molecule has 1 atom stereocenters. The molecule has 1 aromatic rings. The van der Waals surface area contributed by atoms with E-state index in [9.17, 15) is 5.11 Å². The SMILES string of the molecule is CC(C)(C)NCc1ccc(Br)cc1N1CCC(O)C1. The summed E-state index contributed by atoms with van der Waals surface area (Å²) in [6, 6.07) is 6.39. The molecule has 4 heteroatoms. The monoisotopic (exact) mass is 326 g/mol. The standard InChI is InChI=1S/C15H23BrN2O/c1-15(2,3)17-9-11-4-5-12(16)8-14(11)18-7-6-13(19)10-18/h4-5,8,13,17,19H,6-7,9-10H2,1-3H3. The van der Waals surface area contributed by atoms with Gasteiger partial charge in [0.25, 0.3) is 0 Å². The molecule has 0 aromatic heterocycles. The molecule has 1 heterocycles. The number of nitrogens with one attached hydrogen (secondary N) is 1. The molecular formula is C15H23BrN2O. The third-order valence-corrected chi connectivity index (χ3v) is 3.85. The zero-order valence-corrected chi connectivity index (χ0v) is 13.5. The van der Waals surface area contributed by atoms with Crippen molar-refractivity contribution in [3.8, 4) is 0 Å². The highest BCUT2D eigenvalue weighted by molar-refractivity contribution is 9.10. The maximum Gasteiger partial charge on any atom is 0.0731 e. The topological polar surface area (TPSA) is 35.5 Å². The fourth-order valence-corrected chi connectivity index (χ4v) is 2.65. The van der Waals surface area contributed by atoms with Crippen molar-refractivity contribution in [1.29, 1.82) is 0 Å². The van der Waals surface area contributed by atoms with Crippen LogP contribution in [0.1, 0.15) is 32.8 Å². The second kappa shape index (κ2) is 5.81. The summed E-state index contributed by atoms with van der Waals surface area (Å²) in [6.45, 7) is 9.03. The van der Waals surface area contributed by atoms with Crippen LogP contribution in [0.4, 0.5) is 5.69 Å². The maximum absolute atomic E-state index is 9.71. The van der Waals surface area contributed by atoms with Gasteiger partial charge in [0, 0.05) is 35.3 Å². The Bertz CT molecular complexity index is 442. The maximum atomic E-state index is 9.71. The van der Waals surface area contributed by atoms with Gasteiger partial charge < -0.3 is 15.3 Å². The van der Waals surface area contributed by atoms with Gasteiger partial charge in [-0.15, -0.1) is 0 Å². The Kier molecular flexibility index (Phi) is 4.54. The Morgan fingerprint density at radius 2 is 2.16 bits per heavy atom. The molecule has 1 unspecified atom stereocenters. The zero-order valence-electron chi connectivity index (χ0n) is 11.9. The second-order valence-corrected chi connectivity index (χ2v) is 7.18. The molecule has 0 radical (unpaired) electrons. The number of nitrogens with zero attached hydrogens (tertiary/aromatic N) is 1. The van der Waals surface area contributed by atoms with Crippen LogP contribution in [0.5, 0.6) is 0 Å². The minimum Gasteiger partial charge on any atom is -0.391 e. The molecule has 1 fully saturated rings. The fourth-order valence-electron chi connectivity index (χ4n) is 2.30. The number of aliphatic hydroxyl groups is 1. The molecule has 0 saturated carbocycles. The van der Waals surface area contributed by atoms with Crippen LogP contribution in [-0.2, 0) is 6.54 Å². The van der Waals surface area contributed by atoms with E-state index < -0.39 is 0 Å². The largest absolute Gasteiger partial charge is 0.391 e. The predicted octanol–water partition coefficient (Wildman–Crippen LogP) is 2.91. The second-order valence-electron chi connectivity index (χ2n) is 6.27. The van der Waals surface area contributed by atoms with E-state index in [1.807, 2.05) is 0 Å². The average Bonchev–Trinajstić information content (AvgIpc) is 2.73. The van der Waals surface area contributed by atoms with Gasteiger partial charge >= 0.3 is 0 Å². The number of hydrogen-bond acceptors (Lipinski definition) is 3. The van der Waals surface area contributed by atoms with Crippen molar-refractivity contribution in [1.82, 2.24) is 5.32 Å². The van der Waals surface area contributed by atoms with Crippen molar-refractivity contribution in [3.63, 3.8) is 0 Å². The summed E-state index contributed by atoms with van der Waals surface area (Å²) in [5.74, 6) is 0. The summed E-state index contributed by atoms with van der Waals surface area (Å²) < 4.78 is 1.09. The molecule has 3 nitrogen and oxygen atoms in total. The first-order chi connectivity index (χ1) is 8.85. The molecule has 1 aromatic carbocycles. The number of anilines is 1. The number of halogens is 1. The quantitative estimate of drug-likeness (QED) is 0.896. The van der Waals surface area contributed by atoms with Gasteiger partial charge in [-0.3, -0.25) is 0 Å². The van der Waals surface area contributed by atoms with Gasteiger partial charge in [-0.05, 0) is 44.9 Å². The van der Waals surface area contributed by atoms with E-state index in [1.165, 1.54) is 11.3 Å². The van der Waals surface area contributed by atoms with Gasteiger partial charge in [-0.2, -0.15) is 0 Å². The van der Waals surface area contributed by atoms with Crippen molar-refractivity contribution < 1.29 is 5.11 Å². The minimum atomic E-state index is -0.192. The highest BCUT2D eigenvalue weighted by Gasteiger charge is 2.22. The van der Waals surface area contributed by atoms with Crippen LogP contribution in [0.2, 0.25) is 0 Å². The molecule has 0 amide bonds. The van der Waals surface area contributed by atoms with Crippen LogP contribution in [0.15, 0.2) is 22.7 Å². The highest BCUT2D eigenvalue weighted by Crippen LogP contribution is 2.28. The van der Waals surface area contributed by atoms with Crippen molar-refractivity contribution >= 4 is 21.6 Å². The predicted molar refractivity (Wildman–Crippen MR) is 83.6 cm³/mol. The van der Waals surface area contributed by atoms with Gasteiger partial charge in [-0.1, -0.05) is 22.0 Å². The lowest BCUT2D eigenvalue weighted by atomic mass is 10.1. The third-order valence-electron chi connectivity index (χ3n) is 3.36. The smallest absolute Gasteiger partial charge is 0.0731 e. The zero-order chi connectivity index (χ0) is 14.0. The molecule has 1 saturated heterocycles. The first-order valence-electron chi connectivity index (χ1n) is 6.81. The first-order valence-corrected chi connectivity index (χ1v) is 7.61. The average molecular weight is 327 g/mol. The van der Waals surface area contributed by atoms with Crippen molar-refractivity contribution in [3.05, 3.63) is 28.2 Å². The van der Waals surface area contributed by atoms with Crippen LogP contribution in [0.3, 0.4) is 0 Å². The summed E-state index contributed by atoms with van der Waals surface area (Å²) in [6.07, 6.45) is 0.668. The Hall–Kier alpha value is -0.580. The van der Waals surface area contributed by atoms with Gasteiger partial charge in [-0.25, -0.2) is 0 Å². The number of rotatable bonds is 3. The van der Waals surface area contributed by atoms with Gasteiger partial charge in [0.1, 0.15) is 0 Å². The van der Waals surface area contributed by atoms with Crippen LogP contribution in [0.25, 0.3) is 0 Å². The molecule has 19 heavy (non-hydrogen) atoms. The normalized spacial score (nSPS) is 20.1. The number of benzene rings is 1. The number of aliphatic hydroxyl groups excluding tert-OH is 1. The van der Waals surface area contributed by atoms with E-state index in [4.69, 9.17) is 0 Å². The first kappa shape index (κ1) is 14.8. The Morgan fingerprint density at radius 1 is 1.42 bits per heavy atom. The summed E-state index contributed by atoms with van der Waals surface area (Å²) in [4.78, 5) is 2.27. The minimum absolute atomic E-state index is 0.106. The van der Waals surface area contributed by atoms with Gasteiger partial charge in [0.05, 0.1) is 6.10 Å². The molecular weight excluding hydrogens is 304 g/mol. The lowest BCUT2D eigenvalue weighted by Crippen LogP contribution is -2.35. The van der Waals surface area contributed by atoms with Crippen molar-refractivity contribution in [2.75, 3.05) is 18.0 Å². The molecule has 1 aliphatic heterocycles. The number of hydrogen-bond donors (Lipinski definition) is 2. The highest BCUT2D eigenvalue weighted by atomic mass is 79.9. The lowest BCUT2D eigenvalue weighted by Gasteiger charge is -2.25. The summed E-state index contributed by atoms with van der Waals surface area (Å²) in [5.41, 5.74) is 2.62. The van der Waals surface area contributed by atoms with E-state index >= 15 is 0 Å². The van der Waals surface area contributed by atoms with E-state index in [1.54, 1.807) is 0 Å². The fraction of sp³-hybridized carbons (Fsp3) is 0.600. The van der Waals surface area contributed by atoms with E-state index in [0.717, 1.165) is 30.5 Å². The molecule has 2 N–H and O–H groups in total. The van der Waals surface area contributed by atoms with E-state index in [0.29, 0.717) is 0 Å². The summed E-state index contributed by atoms with van der Waals surface area (Å²) in [5, 5.41) is 13.2. The van der Waals surface area contributed by atoms with Crippen LogP contribution < -0.4 is 10.2 Å². The van der Waals surface area contributed by atoms with Crippen molar-refractivity contribution in [2.24, 2.45) is 0 Å². The van der Waals surface area contributed by atoms with Crippen LogP contribution >= 0.6 is 15.9 Å². The molecule has 1 aliphatic rings. The van der Waals surface area contributed by atoms with Crippen LogP contribution in [-0.4, -0.2) is 29.8 Å². The lowest BCUT2D eigenvalue weighted by molar-refractivity contribution is 0.198. The number of β-amino-alcohol motifs (C(OH)–C–C–N with tert-alkyl or cyclic N) is 1. The molecule has 0 bridgehead atoms. The summed E-state index contributed by atoms with van der Waals surface area (Å²) >= 11 is 3.54. The van der Waals surface area contributed by atoms with Crippen molar-refractivity contribution in [2.45, 2.75) is 45.4 Å². The van der Waals surface area contributed by atoms with E-state index in [2.05, 4.69) is 65.1 Å². The Morgan fingerprint density at radius 3 is 2.74 bits per heavy atom.